The van der Waals surface area contributed by atoms with E-state index in [0.29, 0.717) is 5.56 Å². The number of hydrogen-bond donors (Lipinski definition) is 0. The molecule has 1 heterocycles. The second-order valence-corrected chi connectivity index (χ2v) is 9.25. The molecule has 0 radical (unpaired) electrons. The summed E-state index contributed by atoms with van der Waals surface area (Å²) in [6.45, 7) is -0.390. The van der Waals surface area contributed by atoms with Gasteiger partial charge in [-0.2, -0.15) is 0 Å². The highest BCUT2D eigenvalue weighted by Crippen LogP contribution is 2.30. The lowest BCUT2D eigenvalue weighted by Crippen LogP contribution is -2.42. The lowest BCUT2D eigenvalue weighted by molar-refractivity contribution is -0.141. The van der Waals surface area contributed by atoms with Crippen molar-refractivity contribution in [2.45, 2.75) is 24.6 Å². The fourth-order valence-electron chi connectivity index (χ4n) is 4.28. The zero-order valence-corrected chi connectivity index (χ0v) is 22.2. The van der Waals surface area contributed by atoms with Crippen LogP contribution in [0, 0.1) is 0 Å². The maximum Gasteiger partial charge on any atom is 0.340 e. The summed E-state index contributed by atoms with van der Waals surface area (Å²) >= 11 is 0. The molecule has 0 spiro atoms. The molecular weight excluding hydrogens is 540 g/mol. The summed E-state index contributed by atoms with van der Waals surface area (Å²) in [5, 5.41) is 0. The van der Waals surface area contributed by atoms with Crippen LogP contribution in [0.5, 0.6) is 0 Å². The Morgan fingerprint density at radius 2 is 0.833 bits per heavy atom. The molecule has 0 N–H and O–H groups in total. The fourth-order valence-corrected chi connectivity index (χ4v) is 4.28. The Hall–Kier alpha value is -5.28. The van der Waals surface area contributed by atoms with Gasteiger partial charge in [0.1, 0.15) is 12.7 Å². The van der Waals surface area contributed by atoms with Crippen LogP contribution in [0.25, 0.3) is 0 Å². The van der Waals surface area contributed by atoms with Gasteiger partial charge < -0.3 is 23.7 Å². The third kappa shape index (κ3) is 6.89. The van der Waals surface area contributed by atoms with Gasteiger partial charge in [-0.3, -0.25) is 0 Å². The van der Waals surface area contributed by atoms with Gasteiger partial charge in [-0.05, 0) is 48.5 Å². The second-order valence-electron chi connectivity index (χ2n) is 9.25. The molecule has 4 aromatic rings. The van der Waals surface area contributed by atoms with Crippen molar-refractivity contribution in [3.8, 4) is 0 Å². The van der Waals surface area contributed by atoms with Crippen LogP contribution in [-0.4, -0.2) is 55.1 Å². The topological polar surface area (TPSA) is 114 Å². The summed E-state index contributed by atoms with van der Waals surface area (Å²) in [5.74, 6) is -2.89. The van der Waals surface area contributed by atoms with E-state index in [1.165, 1.54) is 0 Å². The number of benzene rings is 4. The van der Waals surface area contributed by atoms with E-state index in [1.54, 1.807) is 121 Å². The Bertz CT molecular complexity index is 1510. The molecule has 9 heteroatoms. The average molecular weight is 567 g/mol. The molecule has 1 aliphatic heterocycles. The normalized spacial score (nSPS) is 19.3. The first-order chi connectivity index (χ1) is 20.5. The van der Waals surface area contributed by atoms with E-state index < -0.39 is 48.5 Å². The molecule has 4 atom stereocenters. The highest BCUT2D eigenvalue weighted by atomic mass is 16.8. The standard InChI is InChI=1S/C33H26O9/c34-29(22-13-5-1-6-14-22)38-21-26-27(40-30(35)23-15-7-2-8-16-23)28(41-31(36)24-17-9-3-10-18-24)33(39-26)42-32(37)25-19-11-4-12-20-25/h1-20,26-28,33H,21H2/t26-,27-,28-,33+/m1/s1. The first-order valence-electron chi connectivity index (χ1n) is 13.2. The van der Waals surface area contributed by atoms with Gasteiger partial charge in [0.25, 0.3) is 0 Å². The number of carbonyl (C=O) groups is 4. The largest absolute Gasteiger partial charge is 0.459 e. The first kappa shape index (κ1) is 28.3. The molecule has 0 saturated carbocycles. The molecule has 0 aliphatic carbocycles. The van der Waals surface area contributed by atoms with Crippen LogP contribution in [0.15, 0.2) is 121 Å². The van der Waals surface area contributed by atoms with Gasteiger partial charge in [-0.15, -0.1) is 0 Å². The maximum atomic E-state index is 13.1. The molecule has 1 fully saturated rings. The fraction of sp³-hybridized carbons (Fsp3) is 0.152. The Morgan fingerprint density at radius 1 is 0.476 bits per heavy atom. The quantitative estimate of drug-likeness (QED) is 0.207. The van der Waals surface area contributed by atoms with E-state index in [9.17, 15) is 19.2 Å². The number of hydrogen-bond acceptors (Lipinski definition) is 9. The number of esters is 4. The average Bonchev–Trinajstić information content (AvgIpc) is 3.35. The molecule has 0 bridgehead atoms. The van der Waals surface area contributed by atoms with Crippen molar-refractivity contribution in [1.29, 1.82) is 0 Å². The van der Waals surface area contributed by atoms with Crippen molar-refractivity contribution in [2.24, 2.45) is 0 Å². The van der Waals surface area contributed by atoms with Gasteiger partial charge in [0.05, 0.1) is 22.3 Å². The second kappa shape index (κ2) is 13.4. The summed E-state index contributed by atoms with van der Waals surface area (Å²) in [6, 6.07) is 32.8. The lowest BCUT2D eigenvalue weighted by atomic mass is 10.1. The predicted octanol–water partition coefficient (Wildman–Crippen LogP) is 4.88. The minimum atomic E-state index is -1.49. The number of rotatable bonds is 9. The highest BCUT2D eigenvalue weighted by Gasteiger charge is 2.52. The van der Waals surface area contributed by atoms with E-state index in [0.717, 1.165) is 0 Å². The van der Waals surface area contributed by atoms with Gasteiger partial charge in [0, 0.05) is 0 Å². The molecule has 0 amide bonds. The monoisotopic (exact) mass is 566 g/mol. The smallest absolute Gasteiger partial charge is 0.340 e. The van der Waals surface area contributed by atoms with E-state index in [-0.39, 0.29) is 23.3 Å². The molecular formula is C33H26O9. The van der Waals surface area contributed by atoms with Gasteiger partial charge in [0.2, 0.25) is 12.4 Å². The summed E-state index contributed by atoms with van der Waals surface area (Å²) in [4.78, 5) is 51.9. The van der Waals surface area contributed by atoms with E-state index in [4.69, 9.17) is 23.7 Å². The van der Waals surface area contributed by atoms with Gasteiger partial charge in [0.15, 0.2) is 6.10 Å². The zero-order valence-electron chi connectivity index (χ0n) is 22.2. The van der Waals surface area contributed by atoms with Gasteiger partial charge >= 0.3 is 23.9 Å². The molecule has 1 aliphatic rings. The van der Waals surface area contributed by atoms with Crippen LogP contribution in [0.3, 0.4) is 0 Å². The Labute approximate surface area is 241 Å². The van der Waals surface area contributed by atoms with Crippen LogP contribution in [-0.2, 0) is 23.7 Å². The molecule has 0 unspecified atom stereocenters. The van der Waals surface area contributed by atoms with Crippen molar-refractivity contribution in [3.63, 3.8) is 0 Å². The molecule has 9 nitrogen and oxygen atoms in total. The Kier molecular flexibility index (Phi) is 9.00. The van der Waals surface area contributed by atoms with Crippen molar-refractivity contribution in [1.82, 2.24) is 0 Å². The van der Waals surface area contributed by atoms with Gasteiger partial charge in [-0.25, -0.2) is 19.2 Å². The van der Waals surface area contributed by atoms with Crippen molar-refractivity contribution < 1.29 is 42.9 Å². The summed E-state index contributed by atoms with van der Waals surface area (Å²) in [7, 11) is 0. The summed E-state index contributed by atoms with van der Waals surface area (Å²) < 4.78 is 28.6. The van der Waals surface area contributed by atoms with Crippen molar-refractivity contribution >= 4 is 23.9 Å². The Balaban J connectivity index is 1.43. The predicted molar refractivity (Wildman–Crippen MR) is 149 cm³/mol. The Morgan fingerprint density at radius 3 is 1.26 bits per heavy atom. The van der Waals surface area contributed by atoms with Crippen LogP contribution in [0.4, 0.5) is 0 Å². The molecule has 0 aromatic heterocycles. The maximum absolute atomic E-state index is 13.1. The van der Waals surface area contributed by atoms with E-state index in [2.05, 4.69) is 0 Å². The third-order valence-corrected chi connectivity index (χ3v) is 6.39. The molecule has 42 heavy (non-hydrogen) atoms. The van der Waals surface area contributed by atoms with Crippen LogP contribution in [0.2, 0.25) is 0 Å². The van der Waals surface area contributed by atoms with Crippen molar-refractivity contribution in [2.75, 3.05) is 6.61 Å². The van der Waals surface area contributed by atoms with Crippen LogP contribution >= 0.6 is 0 Å². The molecule has 5 rings (SSSR count). The summed E-state index contributed by atoms with van der Waals surface area (Å²) in [6.07, 6.45) is -5.33. The van der Waals surface area contributed by atoms with Crippen LogP contribution < -0.4 is 0 Å². The summed E-state index contributed by atoms with van der Waals surface area (Å²) in [5.41, 5.74) is 0.978. The zero-order chi connectivity index (χ0) is 29.3. The third-order valence-electron chi connectivity index (χ3n) is 6.39. The van der Waals surface area contributed by atoms with E-state index in [1.807, 2.05) is 0 Å². The lowest BCUT2D eigenvalue weighted by Gasteiger charge is -2.24. The first-order valence-corrected chi connectivity index (χ1v) is 13.2. The van der Waals surface area contributed by atoms with Gasteiger partial charge in [-0.1, -0.05) is 72.8 Å². The molecule has 1 saturated heterocycles. The SMILES string of the molecule is O=C(OC[C@H]1O[C@@H](OC(=O)c2ccccc2)[C@H](OC(=O)c2ccccc2)[C@@H]1OC(=O)c1ccccc1)c1ccccc1. The number of ether oxygens (including phenoxy) is 5. The molecule has 4 aromatic carbocycles. The molecule has 212 valence electrons. The van der Waals surface area contributed by atoms with E-state index >= 15 is 0 Å². The van der Waals surface area contributed by atoms with Crippen LogP contribution in [0.1, 0.15) is 41.4 Å². The minimum absolute atomic E-state index is 0.220. The highest BCUT2D eigenvalue weighted by molar-refractivity contribution is 5.91. The van der Waals surface area contributed by atoms with Crippen molar-refractivity contribution in [3.05, 3.63) is 144 Å². The minimum Gasteiger partial charge on any atom is -0.459 e. The number of carbonyl (C=O) groups excluding carboxylic acids is 4.